The number of nitrogens with two attached hydrogens (primary N) is 1. The molecular formula is C14H12ClN2OS. The summed E-state index contributed by atoms with van der Waals surface area (Å²) in [5.41, 5.74) is 7.69. The molecule has 0 saturated carbocycles. The fourth-order valence-electron chi connectivity index (χ4n) is 2.44. The van der Waals surface area contributed by atoms with Crippen LogP contribution >= 0.6 is 22.9 Å². The Hall–Kier alpha value is -1.52. The molecule has 1 aromatic carbocycles. The van der Waals surface area contributed by atoms with Crippen LogP contribution in [0.4, 0.5) is 5.69 Å². The van der Waals surface area contributed by atoms with E-state index in [0.717, 1.165) is 20.5 Å². The molecule has 1 amide bonds. The van der Waals surface area contributed by atoms with Gasteiger partial charge in [-0.2, -0.15) is 0 Å². The summed E-state index contributed by atoms with van der Waals surface area (Å²) in [4.78, 5) is 14.8. The summed E-state index contributed by atoms with van der Waals surface area (Å²) in [5, 5.41) is 0. The molecule has 2 aromatic rings. The molecule has 0 spiro atoms. The van der Waals surface area contributed by atoms with E-state index < -0.39 is 0 Å². The summed E-state index contributed by atoms with van der Waals surface area (Å²) in [7, 11) is 0. The third-order valence-corrected chi connectivity index (χ3v) is 4.52. The number of rotatable bonds is 3. The maximum Gasteiger partial charge on any atom is 0.240 e. The third-order valence-electron chi connectivity index (χ3n) is 3.31. The minimum atomic E-state index is -0.293. The zero-order valence-electron chi connectivity index (χ0n) is 10.1. The van der Waals surface area contributed by atoms with Gasteiger partial charge in [0.05, 0.1) is 10.9 Å². The largest absolute Gasteiger partial charge is 0.368 e. The van der Waals surface area contributed by atoms with Crippen LogP contribution in [0, 0.1) is 6.07 Å². The van der Waals surface area contributed by atoms with E-state index in [0.29, 0.717) is 13.0 Å². The van der Waals surface area contributed by atoms with Gasteiger partial charge in [-0.1, -0.05) is 17.7 Å². The molecule has 5 heteroatoms. The molecule has 97 valence electrons. The zero-order chi connectivity index (χ0) is 13.4. The Balaban J connectivity index is 1.93. The van der Waals surface area contributed by atoms with Gasteiger partial charge in [-0.05, 0) is 35.9 Å². The Morgan fingerprint density at radius 2 is 2.37 bits per heavy atom. The molecule has 1 aliphatic rings. The molecule has 2 N–H and O–H groups in total. The van der Waals surface area contributed by atoms with E-state index in [-0.39, 0.29) is 11.9 Å². The second-order valence-corrected chi connectivity index (χ2v) is 6.31. The van der Waals surface area contributed by atoms with Gasteiger partial charge in [0.1, 0.15) is 6.04 Å². The first kappa shape index (κ1) is 12.5. The number of thiophene rings is 1. The van der Waals surface area contributed by atoms with Crippen LogP contribution in [0.5, 0.6) is 0 Å². The number of primary amides is 1. The van der Waals surface area contributed by atoms with Crippen molar-refractivity contribution < 1.29 is 4.79 Å². The van der Waals surface area contributed by atoms with Crippen molar-refractivity contribution in [1.82, 2.24) is 0 Å². The molecule has 3 nitrogen and oxygen atoms in total. The van der Waals surface area contributed by atoms with Gasteiger partial charge in [0, 0.05) is 17.0 Å². The average Bonchev–Trinajstić information content (AvgIpc) is 2.95. The van der Waals surface area contributed by atoms with Crippen molar-refractivity contribution in [2.24, 2.45) is 5.73 Å². The van der Waals surface area contributed by atoms with Crippen LogP contribution in [-0.4, -0.2) is 11.9 Å². The van der Waals surface area contributed by atoms with Crippen molar-refractivity contribution in [1.29, 1.82) is 0 Å². The number of benzene rings is 1. The van der Waals surface area contributed by atoms with Crippen LogP contribution < -0.4 is 10.6 Å². The lowest BCUT2D eigenvalue weighted by Gasteiger charge is -2.24. The Morgan fingerprint density at radius 1 is 1.53 bits per heavy atom. The summed E-state index contributed by atoms with van der Waals surface area (Å²) >= 11 is 7.48. The summed E-state index contributed by atoms with van der Waals surface area (Å²) < 4.78 is 0.756. The molecule has 2 heterocycles. The molecule has 0 bridgehead atoms. The van der Waals surface area contributed by atoms with E-state index in [2.05, 4.69) is 6.07 Å². The van der Waals surface area contributed by atoms with Crippen LogP contribution in [-0.2, 0) is 17.8 Å². The van der Waals surface area contributed by atoms with Crippen LogP contribution in [0.3, 0.4) is 0 Å². The molecule has 1 aliphatic heterocycles. The quantitative estimate of drug-likeness (QED) is 0.945. The highest BCUT2D eigenvalue weighted by Gasteiger charge is 2.32. The van der Waals surface area contributed by atoms with Crippen molar-refractivity contribution in [2.75, 3.05) is 4.90 Å². The topological polar surface area (TPSA) is 46.3 Å². The maximum absolute atomic E-state index is 11.6. The smallest absolute Gasteiger partial charge is 0.240 e. The highest BCUT2D eigenvalue weighted by Crippen LogP contribution is 2.34. The fraction of sp³-hybridized carbons (Fsp3) is 0.214. The van der Waals surface area contributed by atoms with Gasteiger partial charge in [-0.3, -0.25) is 4.79 Å². The van der Waals surface area contributed by atoms with Crippen molar-refractivity contribution in [3.63, 3.8) is 0 Å². The van der Waals surface area contributed by atoms with E-state index in [9.17, 15) is 4.79 Å². The number of nitrogens with zero attached hydrogens (tertiary/aromatic N) is 1. The van der Waals surface area contributed by atoms with E-state index in [1.165, 1.54) is 11.3 Å². The lowest BCUT2D eigenvalue weighted by molar-refractivity contribution is -0.119. The average molecular weight is 292 g/mol. The minimum Gasteiger partial charge on any atom is -0.368 e. The second kappa shape index (κ2) is 4.87. The molecule has 3 rings (SSSR count). The summed E-state index contributed by atoms with van der Waals surface area (Å²) in [6.45, 7) is 0.655. The molecule has 0 saturated heterocycles. The van der Waals surface area contributed by atoms with Gasteiger partial charge < -0.3 is 10.6 Å². The molecule has 0 fully saturated rings. The molecular weight excluding hydrogens is 280 g/mol. The number of hydrogen-bond acceptors (Lipinski definition) is 3. The Kier molecular flexibility index (Phi) is 3.21. The highest BCUT2D eigenvalue weighted by molar-refractivity contribution is 7.16. The Morgan fingerprint density at radius 3 is 3.05 bits per heavy atom. The minimum absolute atomic E-state index is 0.285. The van der Waals surface area contributed by atoms with Gasteiger partial charge in [-0.25, -0.2) is 0 Å². The lowest BCUT2D eigenvalue weighted by Crippen LogP contribution is -2.42. The van der Waals surface area contributed by atoms with Crippen molar-refractivity contribution in [3.8, 4) is 0 Å². The number of fused-ring (bicyclic) bond motifs is 1. The van der Waals surface area contributed by atoms with Gasteiger partial charge in [-0.15, -0.1) is 11.3 Å². The summed E-state index contributed by atoms with van der Waals surface area (Å²) in [5.74, 6) is -0.293. The number of halogens is 1. The molecule has 0 aliphatic carbocycles. The van der Waals surface area contributed by atoms with E-state index in [1.807, 2.05) is 35.2 Å². The molecule has 1 unspecified atom stereocenters. The summed E-state index contributed by atoms with van der Waals surface area (Å²) in [6.07, 6.45) is 0.654. The van der Waals surface area contributed by atoms with Crippen molar-refractivity contribution in [2.45, 2.75) is 19.0 Å². The van der Waals surface area contributed by atoms with Crippen LogP contribution in [0.2, 0.25) is 4.34 Å². The van der Waals surface area contributed by atoms with Gasteiger partial charge in [0.25, 0.3) is 0 Å². The van der Waals surface area contributed by atoms with E-state index >= 15 is 0 Å². The lowest BCUT2D eigenvalue weighted by atomic mass is 10.1. The molecule has 1 aromatic heterocycles. The van der Waals surface area contributed by atoms with Crippen LogP contribution in [0.25, 0.3) is 0 Å². The predicted molar refractivity (Wildman–Crippen MR) is 77.5 cm³/mol. The van der Waals surface area contributed by atoms with Gasteiger partial charge in [0.15, 0.2) is 0 Å². The first-order valence-electron chi connectivity index (χ1n) is 5.94. The monoisotopic (exact) mass is 291 g/mol. The first-order valence-corrected chi connectivity index (χ1v) is 7.14. The third kappa shape index (κ3) is 2.33. The molecule has 1 radical (unpaired) electrons. The SMILES string of the molecule is NC(=O)C1Cc2c[c]ccc2N1Cc1ccc(Cl)s1. The molecule has 19 heavy (non-hydrogen) atoms. The Bertz CT molecular complexity index is 625. The van der Waals surface area contributed by atoms with E-state index in [1.54, 1.807) is 0 Å². The maximum atomic E-state index is 11.6. The van der Waals surface area contributed by atoms with Crippen LogP contribution in [0.1, 0.15) is 10.4 Å². The van der Waals surface area contributed by atoms with E-state index in [4.69, 9.17) is 17.3 Å². The Labute approximate surface area is 120 Å². The van der Waals surface area contributed by atoms with Crippen molar-refractivity contribution in [3.05, 3.63) is 51.2 Å². The number of hydrogen-bond donors (Lipinski definition) is 1. The number of anilines is 1. The fourth-order valence-corrected chi connectivity index (χ4v) is 3.53. The first-order chi connectivity index (χ1) is 9.15. The number of amides is 1. The zero-order valence-corrected chi connectivity index (χ0v) is 11.7. The van der Waals surface area contributed by atoms with Gasteiger partial charge >= 0.3 is 0 Å². The normalized spacial score (nSPS) is 17.5. The number of carbonyl (C=O) groups excluding carboxylic acids is 1. The number of carbonyl (C=O) groups is 1. The highest BCUT2D eigenvalue weighted by atomic mass is 35.5. The molecule has 1 atom stereocenters. The summed E-state index contributed by atoms with van der Waals surface area (Å²) in [6, 6.07) is 12.4. The van der Waals surface area contributed by atoms with Crippen LogP contribution in [0.15, 0.2) is 30.3 Å². The predicted octanol–water partition coefficient (Wildman–Crippen LogP) is 2.62. The second-order valence-electron chi connectivity index (χ2n) is 4.51. The standard InChI is InChI=1S/C14H12ClN2OS/c15-13-6-5-10(19-13)8-17-11-4-2-1-3-9(11)7-12(17)14(16)18/h2-6,12H,7-8H2,(H2,16,18). The van der Waals surface area contributed by atoms with Crippen molar-refractivity contribution >= 4 is 34.5 Å². The van der Waals surface area contributed by atoms with Gasteiger partial charge in [0.2, 0.25) is 5.91 Å².